The molecule has 1 aliphatic rings. The molecule has 0 amide bonds. The lowest BCUT2D eigenvalue weighted by Gasteiger charge is -2.43. The van der Waals surface area contributed by atoms with Gasteiger partial charge in [-0.2, -0.15) is 0 Å². The number of ether oxygens (including phenoxy) is 2. The van der Waals surface area contributed by atoms with Gasteiger partial charge in [-0.15, -0.1) is 0 Å². The average Bonchev–Trinajstić information content (AvgIpc) is 2.40. The van der Waals surface area contributed by atoms with Crippen molar-refractivity contribution in [3.8, 4) is 5.75 Å². The van der Waals surface area contributed by atoms with E-state index in [1.165, 1.54) is 5.56 Å². The summed E-state index contributed by atoms with van der Waals surface area (Å²) in [5.74, 6) is 0.883. The average molecular weight is 334 g/mol. The number of hydrogen-bond acceptors (Lipinski definition) is 3. The fraction of sp³-hybridized carbons (Fsp3) is 0.250. The van der Waals surface area contributed by atoms with Crippen molar-refractivity contribution in [2.75, 3.05) is 26.1 Å². The highest BCUT2D eigenvalue weighted by molar-refractivity contribution is 9.10. The standard InChI is InChI=1S/C16H16BrNO2/c1-19-15-7-4-12(17)8-14(15)16(9-20-10-16)11-2-5-13(18)6-3-11/h2-8H,9-10,18H2,1H3. The van der Waals surface area contributed by atoms with Gasteiger partial charge < -0.3 is 15.2 Å². The minimum Gasteiger partial charge on any atom is -0.496 e. The first-order chi connectivity index (χ1) is 9.65. The van der Waals surface area contributed by atoms with Gasteiger partial charge in [0.25, 0.3) is 0 Å². The van der Waals surface area contributed by atoms with Gasteiger partial charge in [0.05, 0.1) is 25.7 Å². The maximum absolute atomic E-state index is 5.78. The Morgan fingerprint density at radius 3 is 2.40 bits per heavy atom. The summed E-state index contributed by atoms with van der Waals surface area (Å²) < 4.78 is 12.1. The lowest BCUT2D eigenvalue weighted by Crippen LogP contribution is -2.47. The van der Waals surface area contributed by atoms with Crippen LogP contribution in [0.3, 0.4) is 0 Å². The van der Waals surface area contributed by atoms with Gasteiger partial charge in [-0.3, -0.25) is 0 Å². The molecule has 0 unspecified atom stereocenters. The third kappa shape index (κ3) is 2.09. The Hall–Kier alpha value is -1.52. The molecule has 0 aromatic heterocycles. The van der Waals surface area contributed by atoms with E-state index in [1.54, 1.807) is 7.11 Å². The first kappa shape index (κ1) is 13.5. The second-order valence-electron chi connectivity index (χ2n) is 5.04. The summed E-state index contributed by atoms with van der Waals surface area (Å²) in [6, 6.07) is 14.1. The molecule has 4 heteroatoms. The van der Waals surface area contributed by atoms with E-state index in [2.05, 4.69) is 34.1 Å². The topological polar surface area (TPSA) is 44.5 Å². The Kier molecular flexibility index (Phi) is 3.44. The van der Waals surface area contributed by atoms with Crippen molar-refractivity contribution in [3.63, 3.8) is 0 Å². The summed E-state index contributed by atoms with van der Waals surface area (Å²) in [5.41, 5.74) is 8.75. The number of rotatable bonds is 3. The van der Waals surface area contributed by atoms with Crippen molar-refractivity contribution in [2.24, 2.45) is 0 Å². The van der Waals surface area contributed by atoms with Crippen LogP contribution in [0.5, 0.6) is 5.75 Å². The molecule has 2 aromatic carbocycles. The Labute approximate surface area is 126 Å². The summed E-state index contributed by atoms with van der Waals surface area (Å²) >= 11 is 3.54. The molecule has 0 aliphatic carbocycles. The number of nitrogen functional groups attached to an aromatic ring is 1. The van der Waals surface area contributed by atoms with Crippen LogP contribution in [0.15, 0.2) is 46.9 Å². The maximum Gasteiger partial charge on any atom is 0.123 e. The smallest absolute Gasteiger partial charge is 0.123 e. The zero-order valence-electron chi connectivity index (χ0n) is 11.2. The van der Waals surface area contributed by atoms with Crippen LogP contribution in [-0.2, 0) is 10.2 Å². The van der Waals surface area contributed by atoms with E-state index < -0.39 is 0 Å². The number of methoxy groups -OCH3 is 1. The van der Waals surface area contributed by atoms with Crippen molar-refractivity contribution in [2.45, 2.75) is 5.41 Å². The minimum atomic E-state index is -0.150. The highest BCUT2D eigenvalue weighted by Crippen LogP contribution is 2.44. The second kappa shape index (κ2) is 5.11. The van der Waals surface area contributed by atoms with Gasteiger partial charge in [0.1, 0.15) is 5.75 Å². The van der Waals surface area contributed by atoms with Crippen molar-refractivity contribution >= 4 is 21.6 Å². The molecule has 1 saturated heterocycles. The van der Waals surface area contributed by atoms with Gasteiger partial charge in [0.15, 0.2) is 0 Å². The highest BCUT2D eigenvalue weighted by atomic mass is 79.9. The first-order valence-electron chi connectivity index (χ1n) is 6.43. The monoisotopic (exact) mass is 333 g/mol. The molecular weight excluding hydrogens is 318 g/mol. The van der Waals surface area contributed by atoms with E-state index in [9.17, 15) is 0 Å². The molecule has 0 atom stereocenters. The van der Waals surface area contributed by atoms with Crippen LogP contribution in [0.2, 0.25) is 0 Å². The maximum atomic E-state index is 5.78. The Morgan fingerprint density at radius 1 is 1.15 bits per heavy atom. The quantitative estimate of drug-likeness (QED) is 0.876. The largest absolute Gasteiger partial charge is 0.496 e. The molecule has 0 saturated carbocycles. The number of benzene rings is 2. The predicted molar refractivity (Wildman–Crippen MR) is 83.1 cm³/mol. The van der Waals surface area contributed by atoms with E-state index in [0.29, 0.717) is 13.2 Å². The first-order valence-corrected chi connectivity index (χ1v) is 7.23. The van der Waals surface area contributed by atoms with E-state index in [4.69, 9.17) is 15.2 Å². The minimum absolute atomic E-state index is 0.150. The van der Waals surface area contributed by atoms with Gasteiger partial charge in [-0.05, 0) is 35.9 Å². The molecule has 0 spiro atoms. The molecule has 1 aliphatic heterocycles. The molecule has 104 valence electrons. The van der Waals surface area contributed by atoms with Gasteiger partial charge in [-0.25, -0.2) is 0 Å². The number of anilines is 1. The van der Waals surface area contributed by atoms with Crippen molar-refractivity contribution in [1.82, 2.24) is 0 Å². The second-order valence-corrected chi connectivity index (χ2v) is 5.96. The zero-order chi connectivity index (χ0) is 14.2. The van der Waals surface area contributed by atoms with E-state index >= 15 is 0 Å². The van der Waals surface area contributed by atoms with Crippen LogP contribution in [0.1, 0.15) is 11.1 Å². The molecule has 1 fully saturated rings. The fourth-order valence-electron chi connectivity index (χ4n) is 2.64. The third-order valence-corrected chi connectivity index (χ3v) is 4.33. The predicted octanol–water partition coefficient (Wildman–Crippen LogP) is 3.36. The van der Waals surface area contributed by atoms with E-state index in [-0.39, 0.29) is 5.41 Å². The SMILES string of the molecule is COc1ccc(Br)cc1C1(c2ccc(N)cc2)COC1. The van der Waals surface area contributed by atoms with Crippen LogP contribution in [0, 0.1) is 0 Å². The van der Waals surface area contributed by atoms with Crippen LogP contribution < -0.4 is 10.5 Å². The number of nitrogens with two attached hydrogens (primary N) is 1. The van der Waals surface area contributed by atoms with Gasteiger partial charge in [0.2, 0.25) is 0 Å². The molecule has 2 aromatic rings. The summed E-state index contributed by atoms with van der Waals surface area (Å²) in [7, 11) is 1.70. The van der Waals surface area contributed by atoms with Crippen LogP contribution in [0.4, 0.5) is 5.69 Å². The lowest BCUT2D eigenvalue weighted by atomic mass is 9.72. The Morgan fingerprint density at radius 2 is 1.85 bits per heavy atom. The molecule has 0 bridgehead atoms. The van der Waals surface area contributed by atoms with Gasteiger partial charge >= 0.3 is 0 Å². The Balaban J connectivity index is 2.13. The Bertz CT molecular complexity index is 621. The van der Waals surface area contributed by atoms with Gasteiger partial charge in [0, 0.05) is 15.7 Å². The summed E-state index contributed by atoms with van der Waals surface area (Å²) in [6.45, 7) is 1.31. The summed E-state index contributed by atoms with van der Waals surface area (Å²) in [4.78, 5) is 0. The molecule has 0 radical (unpaired) electrons. The van der Waals surface area contributed by atoms with Crippen LogP contribution in [0.25, 0.3) is 0 Å². The van der Waals surface area contributed by atoms with Crippen molar-refractivity contribution in [3.05, 3.63) is 58.1 Å². The van der Waals surface area contributed by atoms with Gasteiger partial charge in [-0.1, -0.05) is 28.1 Å². The number of hydrogen-bond donors (Lipinski definition) is 1. The summed E-state index contributed by atoms with van der Waals surface area (Å²) in [5, 5.41) is 0. The van der Waals surface area contributed by atoms with E-state index in [0.717, 1.165) is 21.5 Å². The van der Waals surface area contributed by atoms with Crippen LogP contribution >= 0.6 is 15.9 Å². The molecule has 3 rings (SSSR count). The zero-order valence-corrected chi connectivity index (χ0v) is 12.8. The normalized spacial score (nSPS) is 16.5. The molecule has 1 heterocycles. The molecule has 2 N–H and O–H groups in total. The lowest BCUT2D eigenvalue weighted by molar-refractivity contribution is -0.0389. The molecule has 20 heavy (non-hydrogen) atoms. The summed E-state index contributed by atoms with van der Waals surface area (Å²) in [6.07, 6.45) is 0. The van der Waals surface area contributed by atoms with Crippen LogP contribution in [-0.4, -0.2) is 20.3 Å². The van der Waals surface area contributed by atoms with Crippen molar-refractivity contribution in [1.29, 1.82) is 0 Å². The molecule has 3 nitrogen and oxygen atoms in total. The fourth-order valence-corrected chi connectivity index (χ4v) is 3.00. The number of halogens is 1. The highest BCUT2D eigenvalue weighted by Gasteiger charge is 2.44. The van der Waals surface area contributed by atoms with E-state index in [1.807, 2.05) is 24.3 Å². The van der Waals surface area contributed by atoms with Crippen molar-refractivity contribution < 1.29 is 9.47 Å². The third-order valence-electron chi connectivity index (χ3n) is 3.84. The molecular formula is C16H16BrNO2.